The third kappa shape index (κ3) is 4.38. The summed E-state index contributed by atoms with van der Waals surface area (Å²) in [4.78, 5) is 38.9. The molecule has 10 heteroatoms. The van der Waals surface area contributed by atoms with Crippen LogP contribution in [-0.4, -0.2) is 57.3 Å². The molecule has 31 heavy (non-hydrogen) atoms. The van der Waals surface area contributed by atoms with Crippen LogP contribution in [0.3, 0.4) is 0 Å². The van der Waals surface area contributed by atoms with E-state index in [1.54, 1.807) is 18.2 Å². The second-order valence-corrected chi connectivity index (χ2v) is 9.30. The molecule has 1 N–H and O–H groups in total. The molecule has 1 aliphatic rings. The highest BCUT2D eigenvalue weighted by molar-refractivity contribution is 7.90. The van der Waals surface area contributed by atoms with Crippen molar-refractivity contribution in [2.75, 3.05) is 31.5 Å². The first-order valence-corrected chi connectivity index (χ1v) is 11.3. The Kier molecular flexibility index (Phi) is 6.03. The summed E-state index contributed by atoms with van der Waals surface area (Å²) < 4.78 is 34.9. The zero-order valence-electron chi connectivity index (χ0n) is 17.5. The number of ether oxygens (including phenoxy) is 2. The molecule has 3 amide bonds. The fraction of sp³-hybridized carbons (Fsp3) is 0.286. The zero-order valence-corrected chi connectivity index (χ0v) is 18.3. The number of fused-ring (bicyclic) bond motifs is 1. The highest BCUT2D eigenvalue weighted by atomic mass is 32.2. The van der Waals surface area contributed by atoms with Crippen molar-refractivity contribution in [2.24, 2.45) is 0 Å². The largest absolute Gasteiger partial charge is 0.493 e. The summed E-state index contributed by atoms with van der Waals surface area (Å²) in [6.45, 7) is 1.29. The lowest BCUT2D eigenvalue weighted by Crippen LogP contribution is -2.37. The van der Waals surface area contributed by atoms with Gasteiger partial charge >= 0.3 is 0 Å². The maximum Gasteiger partial charge on any atom is 0.264 e. The highest BCUT2D eigenvalue weighted by Crippen LogP contribution is 2.38. The van der Waals surface area contributed by atoms with Crippen LogP contribution in [0.15, 0.2) is 36.4 Å². The summed E-state index contributed by atoms with van der Waals surface area (Å²) in [6.07, 6.45) is 1.03. The number of amides is 3. The number of sulfone groups is 1. The minimum atomic E-state index is -3.60. The predicted octanol–water partition coefficient (Wildman–Crippen LogP) is 2.04. The van der Waals surface area contributed by atoms with Gasteiger partial charge in [-0.2, -0.15) is 0 Å². The average Bonchev–Trinajstić information content (AvgIpc) is 2.96. The van der Waals surface area contributed by atoms with Crippen molar-refractivity contribution in [3.63, 3.8) is 0 Å². The normalized spacial score (nSPS) is 14.3. The van der Waals surface area contributed by atoms with Crippen LogP contribution < -0.4 is 14.8 Å². The molecule has 0 spiro atoms. The molecule has 1 heterocycles. The summed E-state index contributed by atoms with van der Waals surface area (Å²) in [5.74, 6) is -1.47. The van der Waals surface area contributed by atoms with E-state index in [9.17, 15) is 22.8 Å². The van der Waals surface area contributed by atoms with Crippen LogP contribution in [-0.2, 0) is 14.6 Å². The number of rotatable bonds is 7. The van der Waals surface area contributed by atoms with Crippen LogP contribution in [0.25, 0.3) is 0 Å². The molecule has 9 nitrogen and oxygen atoms in total. The van der Waals surface area contributed by atoms with Crippen molar-refractivity contribution in [1.29, 1.82) is 0 Å². The van der Waals surface area contributed by atoms with E-state index in [-0.39, 0.29) is 16.8 Å². The van der Waals surface area contributed by atoms with Crippen LogP contribution in [0.2, 0.25) is 0 Å². The lowest BCUT2D eigenvalue weighted by Gasteiger charge is -2.26. The van der Waals surface area contributed by atoms with Crippen LogP contribution in [0.5, 0.6) is 11.5 Å². The van der Waals surface area contributed by atoms with E-state index < -0.39 is 39.4 Å². The van der Waals surface area contributed by atoms with Gasteiger partial charge in [0.2, 0.25) is 5.91 Å². The minimum Gasteiger partial charge on any atom is -0.493 e. The van der Waals surface area contributed by atoms with Crippen molar-refractivity contribution in [3.05, 3.63) is 53.1 Å². The summed E-state index contributed by atoms with van der Waals surface area (Å²) >= 11 is 0. The highest BCUT2D eigenvalue weighted by Gasteiger charge is 2.43. The predicted molar refractivity (Wildman–Crippen MR) is 113 cm³/mol. The molecule has 0 fully saturated rings. The zero-order chi connectivity index (χ0) is 22.9. The van der Waals surface area contributed by atoms with Crippen molar-refractivity contribution in [1.82, 2.24) is 4.90 Å². The Morgan fingerprint density at radius 2 is 1.74 bits per heavy atom. The number of methoxy groups -OCH3 is 2. The molecule has 0 saturated carbocycles. The minimum absolute atomic E-state index is 0.0293. The number of imide groups is 1. The van der Waals surface area contributed by atoms with Gasteiger partial charge in [0.05, 0.1) is 42.8 Å². The fourth-order valence-corrected chi connectivity index (χ4v) is 4.46. The summed E-state index contributed by atoms with van der Waals surface area (Å²) in [6, 6.07) is 8.10. The molecule has 0 bridgehead atoms. The lowest BCUT2D eigenvalue weighted by molar-refractivity contribution is -0.114. The van der Waals surface area contributed by atoms with E-state index in [1.165, 1.54) is 39.3 Å². The number of nitrogens with one attached hydrogen (secondary N) is 1. The van der Waals surface area contributed by atoms with Gasteiger partial charge in [-0.05, 0) is 29.8 Å². The lowest BCUT2D eigenvalue weighted by atomic mass is 10.1. The second kappa shape index (κ2) is 8.38. The van der Waals surface area contributed by atoms with E-state index in [0.717, 1.165) is 11.2 Å². The number of carbonyl (C=O) groups is 3. The first-order valence-electron chi connectivity index (χ1n) is 9.25. The molecule has 2 aromatic rings. The molecular formula is C21H22N2O7S. The van der Waals surface area contributed by atoms with Crippen LogP contribution in [0.4, 0.5) is 5.69 Å². The Morgan fingerprint density at radius 1 is 1.06 bits per heavy atom. The summed E-state index contributed by atoms with van der Waals surface area (Å²) in [5, 5.41) is 2.54. The van der Waals surface area contributed by atoms with Crippen molar-refractivity contribution < 1.29 is 32.3 Å². The second-order valence-electron chi connectivity index (χ2n) is 7.11. The first kappa shape index (κ1) is 22.3. The number of nitrogens with zero attached hydrogens (tertiary/aromatic N) is 1. The number of anilines is 1. The molecule has 0 aromatic heterocycles. The Hall–Kier alpha value is -3.40. The number of hydrogen-bond donors (Lipinski definition) is 1. The average molecular weight is 446 g/mol. The quantitative estimate of drug-likeness (QED) is 0.647. The summed E-state index contributed by atoms with van der Waals surface area (Å²) in [5.41, 5.74) is 0.701. The first-order chi connectivity index (χ1) is 14.6. The molecule has 164 valence electrons. The van der Waals surface area contributed by atoms with E-state index in [2.05, 4.69) is 5.32 Å². The third-order valence-electron chi connectivity index (χ3n) is 4.82. The van der Waals surface area contributed by atoms with Gasteiger partial charge in [-0.1, -0.05) is 12.1 Å². The van der Waals surface area contributed by atoms with E-state index in [4.69, 9.17) is 9.47 Å². The molecule has 2 aromatic carbocycles. The SMILES string of the molecule is COc1ccc([C@@H](CS(C)(=O)=O)N2C(=O)c3cccc(NC(C)=O)c3C2=O)cc1OC. The smallest absolute Gasteiger partial charge is 0.264 e. The number of hydrogen-bond acceptors (Lipinski definition) is 7. The molecule has 0 unspecified atom stereocenters. The number of carbonyl (C=O) groups excluding carboxylic acids is 3. The topological polar surface area (TPSA) is 119 Å². The van der Waals surface area contributed by atoms with Gasteiger partial charge < -0.3 is 14.8 Å². The van der Waals surface area contributed by atoms with Gasteiger partial charge in [-0.3, -0.25) is 19.3 Å². The molecule has 0 saturated heterocycles. The Balaban J connectivity index is 2.14. The fourth-order valence-electron chi connectivity index (χ4n) is 3.55. The van der Waals surface area contributed by atoms with E-state index in [1.807, 2.05) is 0 Å². The van der Waals surface area contributed by atoms with Gasteiger partial charge in [0, 0.05) is 13.2 Å². The van der Waals surface area contributed by atoms with Gasteiger partial charge in [-0.15, -0.1) is 0 Å². The van der Waals surface area contributed by atoms with Gasteiger partial charge in [0.25, 0.3) is 11.8 Å². The van der Waals surface area contributed by atoms with Gasteiger partial charge in [-0.25, -0.2) is 8.42 Å². The monoisotopic (exact) mass is 446 g/mol. The van der Waals surface area contributed by atoms with Gasteiger partial charge in [0.1, 0.15) is 9.84 Å². The Labute approximate surface area is 179 Å². The van der Waals surface area contributed by atoms with Gasteiger partial charge in [0.15, 0.2) is 11.5 Å². The van der Waals surface area contributed by atoms with E-state index in [0.29, 0.717) is 17.1 Å². The Morgan fingerprint density at radius 3 is 2.32 bits per heavy atom. The number of benzene rings is 2. The third-order valence-corrected chi connectivity index (χ3v) is 5.74. The van der Waals surface area contributed by atoms with Crippen molar-refractivity contribution in [3.8, 4) is 11.5 Å². The maximum atomic E-state index is 13.3. The molecule has 1 aliphatic heterocycles. The molecule has 0 radical (unpaired) electrons. The van der Waals surface area contributed by atoms with Crippen molar-refractivity contribution >= 4 is 33.2 Å². The maximum absolute atomic E-state index is 13.3. The Bertz CT molecular complexity index is 1170. The molecule has 1 atom stereocenters. The van der Waals surface area contributed by atoms with Crippen LogP contribution in [0, 0.1) is 0 Å². The van der Waals surface area contributed by atoms with Crippen molar-refractivity contribution in [2.45, 2.75) is 13.0 Å². The molecule has 3 rings (SSSR count). The van der Waals surface area contributed by atoms with Crippen LogP contribution >= 0.6 is 0 Å². The molecular weight excluding hydrogens is 424 g/mol. The van der Waals surface area contributed by atoms with Crippen LogP contribution in [0.1, 0.15) is 39.2 Å². The summed E-state index contributed by atoms with van der Waals surface area (Å²) in [7, 11) is -0.712. The standard InChI is InChI=1S/C21H22N2O7S/c1-12(24)22-15-7-5-6-14-19(15)21(26)23(20(14)25)16(11-31(4,27)28)13-8-9-17(29-2)18(10-13)30-3/h5-10,16H,11H2,1-4H3,(H,22,24)/t16-/m1/s1. The molecule has 0 aliphatic carbocycles. The van der Waals surface area contributed by atoms with E-state index >= 15 is 0 Å².